The molecule has 0 aliphatic heterocycles. The predicted octanol–water partition coefficient (Wildman–Crippen LogP) is 4.47. The summed E-state index contributed by atoms with van der Waals surface area (Å²) in [7, 11) is 0. The highest BCUT2D eigenvalue weighted by Gasteiger charge is 2.15. The van der Waals surface area contributed by atoms with Gasteiger partial charge in [-0.15, -0.1) is 12.6 Å². The van der Waals surface area contributed by atoms with Crippen molar-refractivity contribution in [2.45, 2.75) is 31.6 Å². The van der Waals surface area contributed by atoms with E-state index in [1.54, 1.807) is 0 Å². The van der Waals surface area contributed by atoms with Crippen LogP contribution in [0.1, 0.15) is 25.0 Å². The molecule has 0 aliphatic carbocycles. The Bertz CT molecular complexity index is 547. The highest BCUT2D eigenvalue weighted by molar-refractivity contribution is 7.80. The van der Waals surface area contributed by atoms with Crippen molar-refractivity contribution < 1.29 is 5.11 Å². The van der Waals surface area contributed by atoms with E-state index in [0.29, 0.717) is 5.75 Å². The molecule has 0 atom stereocenters. The average molecular weight is 258 g/mol. The number of hydrogen-bond donors (Lipinski definition) is 2. The van der Waals surface area contributed by atoms with Crippen LogP contribution in [0, 0.1) is 0 Å². The smallest absolute Gasteiger partial charge is 0.122 e. The largest absolute Gasteiger partial charge is 0.507 e. The molecule has 0 bridgehead atoms. The van der Waals surface area contributed by atoms with Crippen LogP contribution in [0.25, 0.3) is 11.1 Å². The minimum absolute atomic E-state index is 0.427. The van der Waals surface area contributed by atoms with Crippen molar-refractivity contribution in [3.8, 4) is 16.9 Å². The summed E-state index contributed by atoms with van der Waals surface area (Å²) in [6.07, 6.45) is 1.62. The summed E-state index contributed by atoms with van der Waals surface area (Å²) in [5.41, 5.74) is 4.12. The molecule has 2 heteroatoms. The van der Waals surface area contributed by atoms with Crippen LogP contribution in [0.15, 0.2) is 41.3 Å². The number of aromatic hydroxyl groups is 1. The van der Waals surface area contributed by atoms with Crippen LogP contribution < -0.4 is 0 Å². The van der Waals surface area contributed by atoms with Gasteiger partial charge in [-0.1, -0.05) is 44.2 Å². The van der Waals surface area contributed by atoms with E-state index in [4.69, 9.17) is 0 Å². The van der Waals surface area contributed by atoms with Crippen LogP contribution in [-0.2, 0) is 12.8 Å². The zero-order valence-electron chi connectivity index (χ0n) is 10.8. The van der Waals surface area contributed by atoms with Crippen molar-refractivity contribution in [1.29, 1.82) is 0 Å². The number of phenolic OH excluding ortho intramolecular Hbond substituents is 1. The first-order valence-corrected chi connectivity index (χ1v) is 6.75. The summed E-state index contributed by atoms with van der Waals surface area (Å²) < 4.78 is 0. The monoisotopic (exact) mass is 258 g/mol. The molecule has 0 fully saturated rings. The molecule has 0 radical (unpaired) electrons. The molecule has 1 N–H and O–H groups in total. The van der Waals surface area contributed by atoms with Crippen LogP contribution in [0.3, 0.4) is 0 Å². The lowest BCUT2D eigenvalue weighted by molar-refractivity contribution is 0.462. The Morgan fingerprint density at radius 2 is 1.72 bits per heavy atom. The molecule has 2 rings (SSSR count). The highest BCUT2D eigenvalue weighted by atomic mass is 32.1. The zero-order valence-corrected chi connectivity index (χ0v) is 11.7. The van der Waals surface area contributed by atoms with E-state index in [1.807, 2.05) is 31.2 Å². The van der Waals surface area contributed by atoms with Gasteiger partial charge in [-0.05, 0) is 30.0 Å². The second kappa shape index (κ2) is 5.49. The van der Waals surface area contributed by atoms with E-state index in [2.05, 4.69) is 31.7 Å². The quantitative estimate of drug-likeness (QED) is 0.778. The standard InChI is InChI=1S/C16H18OS/c1-3-11-10-14(18)15(13(4-2)16(11)17)12-8-6-5-7-9-12/h5-10,17-18H,3-4H2,1-2H3. The highest BCUT2D eigenvalue weighted by Crippen LogP contribution is 2.38. The van der Waals surface area contributed by atoms with E-state index >= 15 is 0 Å². The lowest BCUT2D eigenvalue weighted by Crippen LogP contribution is -1.95. The Morgan fingerprint density at radius 1 is 1.06 bits per heavy atom. The van der Waals surface area contributed by atoms with Crippen LogP contribution >= 0.6 is 12.6 Å². The van der Waals surface area contributed by atoms with Gasteiger partial charge in [0.15, 0.2) is 0 Å². The Kier molecular flexibility index (Phi) is 3.97. The van der Waals surface area contributed by atoms with Gasteiger partial charge in [-0.25, -0.2) is 0 Å². The van der Waals surface area contributed by atoms with Crippen LogP contribution in [-0.4, -0.2) is 5.11 Å². The fourth-order valence-electron chi connectivity index (χ4n) is 2.31. The number of thiol groups is 1. The Labute approximate surface area is 114 Å². The number of rotatable bonds is 3. The fourth-order valence-corrected chi connectivity index (χ4v) is 2.73. The molecule has 0 aromatic heterocycles. The molecule has 18 heavy (non-hydrogen) atoms. The van der Waals surface area contributed by atoms with Crippen molar-refractivity contribution in [3.05, 3.63) is 47.5 Å². The van der Waals surface area contributed by atoms with Gasteiger partial charge < -0.3 is 5.11 Å². The lowest BCUT2D eigenvalue weighted by atomic mass is 9.94. The predicted molar refractivity (Wildman–Crippen MR) is 79.6 cm³/mol. The summed E-state index contributed by atoms with van der Waals surface area (Å²) in [6.45, 7) is 4.11. The van der Waals surface area contributed by atoms with E-state index in [-0.39, 0.29) is 0 Å². The second-order valence-corrected chi connectivity index (χ2v) is 4.81. The average Bonchev–Trinajstić information content (AvgIpc) is 2.41. The molecule has 0 heterocycles. The number of benzene rings is 2. The summed E-state index contributed by atoms with van der Waals surface area (Å²) in [5.74, 6) is 0.427. The van der Waals surface area contributed by atoms with Crippen LogP contribution in [0.4, 0.5) is 0 Å². The number of hydrogen-bond acceptors (Lipinski definition) is 2. The van der Waals surface area contributed by atoms with Crippen molar-refractivity contribution in [2.75, 3.05) is 0 Å². The topological polar surface area (TPSA) is 20.2 Å². The van der Waals surface area contributed by atoms with E-state index in [1.165, 1.54) is 0 Å². The SMILES string of the molecule is CCc1cc(S)c(-c2ccccc2)c(CC)c1O. The summed E-state index contributed by atoms with van der Waals surface area (Å²) in [5, 5.41) is 10.3. The van der Waals surface area contributed by atoms with Crippen molar-refractivity contribution in [2.24, 2.45) is 0 Å². The van der Waals surface area contributed by atoms with E-state index < -0.39 is 0 Å². The van der Waals surface area contributed by atoms with E-state index in [9.17, 15) is 5.11 Å². The van der Waals surface area contributed by atoms with Gasteiger partial charge >= 0.3 is 0 Å². The summed E-state index contributed by atoms with van der Waals surface area (Å²) in [6, 6.07) is 12.1. The Hall–Kier alpha value is -1.41. The number of phenols is 1. The van der Waals surface area contributed by atoms with Gasteiger partial charge in [0.1, 0.15) is 5.75 Å². The molecule has 0 saturated heterocycles. The van der Waals surface area contributed by atoms with Crippen LogP contribution in [0.2, 0.25) is 0 Å². The molecule has 0 amide bonds. The Morgan fingerprint density at radius 3 is 2.28 bits per heavy atom. The maximum Gasteiger partial charge on any atom is 0.122 e. The number of aryl methyl sites for hydroxylation is 1. The minimum atomic E-state index is 0.427. The maximum atomic E-state index is 10.3. The fraction of sp³-hybridized carbons (Fsp3) is 0.250. The molecule has 2 aromatic carbocycles. The lowest BCUT2D eigenvalue weighted by Gasteiger charge is -2.16. The van der Waals surface area contributed by atoms with Gasteiger partial charge in [0.05, 0.1) is 0 Å². The molecular weight excluding hydrogens is 240 g/mol. The zero-order chi connectivity index (χ0) is 13.1. The molecule has 94 valence electrons. The third kappa shape index (κ3) is 2.25. The molecular formula is C16H18OS. The van der Waals surface area contributed by atoms with E-state index in [0.717, 1.165) is 40.0 Å². The van der Waals surface area contributed by atoms with Gasteiger partial charge in [0.25, 0.3) is 0 Å². The molecule has 1 nitrogen and oxygen atoms in total. The van der Waals surface area contributed by atoms with Gasteiger partial charge in [-0.2, -0.15) is 0 Å². The minimum Gasteiger partial charge on any atom is -0.507 e. The van der Waals surface area contributed by atoms with Crippen molar-refractivity contribution in [3.63, 3.8) is 0 Å². The summed E-state index contributed by atoms with van der Waals surface area (Å²) in [4.78, 5) is 0.938. The molecule has 0 spiro atoms. The van der Waals surface area contributed by atoms with Crippen LogP contribution in [0.5, 0.6) is 5.75 Å². The van der Waals surface area contributed by atoms with Crippen molar-refractivity contribution >= 4 is 12.6 Å². The van der Waals surface area contributed by atoms with Gasteiger partial charge in [0.2, 0.25) is 0 Å². The normalized spacial score (nSPS) is 10.6. The van der Waals surface area contributed by atoms with Crippen molar-refractivity contribution in [1.82, 2.24) is 0 Å². The first-order valence-electron chi connectivity index (χ1n) is 6.31. The van der Waals surface area contributed by atoms with Gasteiger partial charge in [0, 0.05) is 16.0 Å². The maximum absolute atomic E-state index is 10.3. The molecule has 0 unspecified atom stereocenters. The summed E-state index contributed by atoms with van der Waals surface area (Å²) >= 11 is 4.59. The molecule has 0 aliphatic rings. The second-order valence-electron chi connectivity index (χ2n) is 4.33. The van der Waals surface area contributed by atoms with Gasteiger partial charge in [-0.3, -0.25) is 0 Å². The third-order valence-corrected chi connectivity index (χ3v) is 3.61. The third-order valence-electron chi connectivity index (χ3n) is 3.26. The molecule has 0 saturated carbocycles. The first-order chi connectivity index (χ1) is 8.69. The first kappa shape index (κ1) is 13.0. The molecule has 2 aromatic rings. The Balaban J connectivity index is 2.71.